The normalized spacial score (nSPS) is 10.2. The monoisotopic (exact) mass is 325 g/mol. The molecule has 98 valence electrons. The predicted molar refractivity (Wildman–Crippen MR) is 69.5 cm³/mol. The summed E-state index contributed by atoms with van der Waals surface area (Å²) in [5.74, 6) is -1.66. The minimum absolute atomic E-state index is 0.0410. The third-order valence-electron chi connectivity index (χ3n) is 2.38. The molecule has 1 N–H and O–H groups in total. The van der Waals surface area contributed by atoms with Crippen molar-refractivity contribution in [2.24, 2.45) is 0 Å². The van der Waals surface area contributed by atoms with Gasteiger partial charge in [-0.1, -0.05) is 0 Å². The zero-order chi connectivity index (χ0) is 13.8. The number of hydrogen-bond acceptors (Lipinski definition) is 3. The van der Waals surface area contributed by atoms with E-state index in [0.717, 1.165) is 6.07 Å². The number of rotatable bonds is 4. The summed E-state index contributed by atoms with van der Waals surface area (Å²) in [6.45, 7) is -0.400. The van der Waals surface area contributed by atoms with Gasteiger partial charge >= 0.3 is 5.97 Å². The molecule has 6 heteroatoms. The van der Waals surface area contributed by atoms with Crippen molar-refractivity contribution in [1.29, 1.82) is 0 Å². The Morgan fingerprint density at radius 2 is 2.11 bits per heavy atom. The van der Waals surface area contributed by atoms with E-state index in [9.17, 15) is 14.0 Å². The lowest BCUT2D eigenvalue weighted by molar-refractivity contribution is 0.0472. The summed E-state index contributed by atoms with van der Waals surface area (Å²) in [7, 11) is 0. The number of aromatic amines is 1. The molecule has 0 amide bonds. The molecule has 0 aliphatic heterocycles. The fourth-order valence-electron chi connectivity index (χ4n) is 1.44. The second kappa shape index (κ2) is 5.79. The Labute approximate surface area is 116 Å². The minimum Gasteiger partial charge on any atom is -0.454 e. The second-order valence-electron chi connectivity index (χ2n) is 3.71. The summed E-state index contributed by atoms with van der Waals surface area (Å²) in [4.78, 5) is 26.0. The lowest BCUT2D eigenvalue weighted by atomic mass is 10.2. The molecule has 0 spiro atoms. The molecule has 4 nitrogen and oxygen atoms in total. The van der Waals surface area contributed by atoms with Crippen LogP contribution in [-0.4, -0.2) is 23.3 Å². The number of hydrogen-bond donors (Lipinski definition) is 1. The van der Waals surface area contributed by atoms with Crippen molar-refractivity contribution in [1.82, 2.24) is 4.98 Å². The number of Topliss-reactive ketones (excluding diaryl/α,β-unsaturated/α-hetero) is 1. The highest BCUT2D eigenvalue weighted by Crippen LogP contribution is 2.18. The maximum atomic E-state index is 13.0. The van der Waals surface area contributed by atoms with Crippen LogP contribution in [0.3, 0.4) is 0 Å². The maximum Gasteiger partial charge on any atom is 0.339 e. The van der Waals surface area contributed by atoms with Gasteiger partial charge in [-0.3, -0.25) is 4.79 Å². The highest BCUT2D eigenvalue weighted by molar-refractivity contribution is 9.10. The van der Waals surface area contributed by atoms with Gasteiger partial charge in [0.05, 0.1) is 11.3 Å². The summed E-state index contributed by atoms with van der Waals surface area (Å²) in [6, 6.07) is 6.90. The van der Waals surface area contributed by atoms with Crippen molar-refractivity contribution in [3.8, 4) is 0 Å². The van der Waals surface area contributed by atoms with Crippen molar-refractivity contribution in [2.75, 3.05) is 6.61 Å². The molecule has 0 unspecified atom stereocenters. The van der Waals surface area contributed by atoms with Crippen molar-refractivity contribution in [3.63, 3.8) is 0 Å². The molecule has 1 aromatic carbocycles. The first-order valence-corrected chi connectivity index (χ1v) is 6.16. The first-order chi connectivity index (χ1) is 9.08. The van der Waals surface area contributed by atoms with Crippen molar-refractivity contribution in [2.45, 2.75) is 0 Å². The summed E-state index contributed by atoms with van der Waals surface area (Å²) < 4.78 is 18.3. The lowest BCUT2D eigenvalue weighted by Crippen LogP contribution is -2.15. The molecule has 0 radical (unpaired) electrons. The van der Waals surface area contributed by atoms with Gasteiger partial charge in [-0.25, -0.2) is 9.18 Å². The van der Waals surface area contributed by atoms with E-state index in [1.54, 1.807) is 18.3 Å². The van der Waals surface area contributed by atoms with Crippen LogP contribution in [-0.2, 0) is 4.74 Å². The van der Waals surface area contributed by atoms with E-state index in [1.165, 1.54) is 12.1 Å². The molecule has 1 aromatic heterocycles. The molecule has 1 heterocycles. The second-order valence-corrected chi connectivity index (χ2v) is 4.56. The highest BCUT2D eigenvalue weighted by atomic mass is 79.9. The maximum absolute atomic E-state index is 13.0. The average molecular weight is 326 g/mol. The van der Waals surface area contributed by atoms with Crippen LogP contribution < -0.4 is 0 Å². The molecular formula is C13H9BrFNO3. The Hall–Kier alpha value is -1.95. The number of benzene rings is 1. The Bertz CT molecular complexity index is 610. The van der Waals surface area contributed by atoms with Crippen LogP contribution in [0, 0.1) is 5.82 Å². The van der Waals surface area contributed by atoms with Crippen LogP contribution in [0.1, 0.15) is 20.8 Å². The minimum atomic E-state index is -0.758. The molecule has 0 aliphatic rings. The van der Waals surface area contributed by atoms with Gasteiger partial charge < -0.3 is 9.72 Å². The van der Waals surface area contributed by atoms with Gasteiger partial charge in [0.15, 0.2) is 6.61 Å². The molecule has 0 fully saturated rings. The SMILES string of the molecule is O=C(COC(=O)c1cc(F)ccc1Br)c1ccc[nH]1. The standard InChI is InChI=1S/C13H9BrFNO3/c14-10-4-3-8(15)6-9(10)13(18)19-7-12(17)11-2-1-5-16-11/h1-6,16H,7H2. The van der Waals surface area contributed by atoms with Crippen LogP contribution in [0.2, 0.25) is 0 Å². The number of nitrogens with one attached hydrogen (secondary N) is 1. The smallest absolute Gasteiger partial charge is 0.339 e. The Kier molecular flexibility index (Phi) is 4.11. The summed E-state index contributed by atoms with van der Waals surface area (Å²) >= 11 is 3.12. The van der Waals surface area contributed by atoms with E-state index in [0.29, 0.717) is 10.2 Å². The Morgan fingerprint density at radius 3 is 2.79 bits per heavy atom. The molecule has 2 aromatic rings. The number of halogens is 2. The zero-order valence-corrected chi connectivity index (χ0v) is 11.2. The zero-order valence-electron chi connectivity index (χ0n) is 9.65. The summed E-state index contributed by atoms with van der Waals surface area (Å²) in [5, 5.41) is 0. The van der Waals surface area contributed by atoms with Gasteiger partial charge in [-0.15, -0.1) is 0 Å². The number of H-pyrrole nitrogens is 1. The quantitative estimate of drug-likeness (QED) is 0.694. The largest absolute Gasteiger partial charge is 0.454 e. The van der Waals surface area contributed by atoms with Gasteiger partial charge in [0.2, 0.25) is 5.78 Å². The number of esters is 1. The molecule has 0 bridgehead atoms. The van der Waals surface area contributed by atoms with E-state index in [4.69, 9.17) is 4.74 Å². The topological polar surface area (TPSA) is 59.2 Å². The average Bonchev–Trinajstić information content (AvgIpc) is 2.92. The molecule has 0 aliphatic carbocycles. The third-order valence-corrected chi connectivity index (χ3v) is 3.07. The van der Waals surface area contributed by atoms with Crippen molar-refractivity contribution < 1.29 is 18.7 Å². The molecule has 0 atom stereocenters. The Balaban J connectivity index is 2.02. The summed E-state index contributed by atoms with van der Waals surface area (Å²) in [5.41, 5.74) is 0.394. The molecular weight excluding hydrogens is 317 g/mol. The van der Waals surface area contributed by atoms with E-state index in [-0.39, 0.29) is 11.3 Å². The van der Waals surface area contributed by atoms with Crippen LogP contribution >= 0.6 is 15.9 Å². The lowest BCUT2D eigenvalue weighted by Gasteiger charge is -2.05. The Morgan fingerprint density at radius 1 is 1.32 bits per heavy atom. The first-order valence-electron chi connectivity index (χ1n) is 5.36. The van der Waals surface area contributed by atoms with Crippen LogP contribution in [0.25, 0.3) is 0 Å². The van der Waals surface area contributed by atoms with Gasteiger partial charge in [-0.2, -0.15) is 0 Å². The van der Waals surface area contributed by atoms with Gasteiger partial charge in [0.25, 0.3) is 0 Å². The third kappa shape index (κ3) is 3.29. The first kappa shape index (κ1) is 13.5. The van der Waals surface area contributed by atoms with Gasteiger partial charge in [0.1, 0.15) is 5.82 Å². The number of carbonyl (C=O) groups excluding carboxylic acids is 2. The fourth-order valence-corrected chi connectivity index (χ4v) is 1.85. The number of ketones is 1. The van der Waals surface area contributed by atoms with E-state index >= 15 is 0 Å². The van der Waals surface area contributed by atoms with Crippen molar-refractivity contribution >= 4 is 27.7 Å². The van der Waals surface area contributed by atoms with E-state index < -0.39 is 18.4 Å². The fraction of sp³-hybridized carbons (Fsp3) is 0.0769. The van der Waals surface area contributed by atoms with Gasteiger partial charge in [0, 0.05) is 10.7 Å². The molecule has 2 rings (SSSR count). The number of aromatic nitrogens is 1. The summed E-state index contributed by atoms with van der Waals surface area (Å²) in [6.07, 6.45) is 1.60. The molecule has 0 saturated carbocycles. The van der Waals surface area contributed by atoms with E-state index in [2.05, 4.69) is 20.9 Å². The van der Waals surface area contributed by atoms with Gasteiger partial charge in [-0.05, 0) is 46.3 Å². The number of ether oxygens (including phenoxy) is 1. The molecule has 0 saturated heterocycles. The number of carbonyl (C=O) groups is 2. The van der Waals surface area contributed by atoms with Crippen LogP contribution in [0.15, 0.2) is 41.0 Å². The van der Waals surface area contributed by atoms with E-state index in [1.807, 2.05) is 0 Å². The van der Waals surface area contributed by atoms with Crippen molar-refractivity contribution in [3.05, 3.63) is 58.1 Å². The highest BCUT2D eigenvalue weighted by Gasteiger charge is 2.15. The van der Waals surface area contributed by atoms with Crippen LogP contribution in [0.5, 0.6) is 0 Å². The molecule has 19 heavy (non-hydrogen) atoms. The predicted octanol–water partition coefficient (Wildman–Crippen LogP) is 2.96. The van der Waals surface area contributed by atoms with Crippen LogP contribution in [0.4, 0.5) is 4.39 Å².